The molecule has 29 heavy (non-hydrogen) atoms. The second kappa shape index (κ2) is 7.42. The number of benzene rings is 1. The molecule has 5 rings (SSSR count). The lowest BCUT2D eigenvalue weighted by molar-refractivity contribution is 0.0919. The van der Waals surface area contributed by atoms with E-state index in [1.54, 1.807) is 0 Å². The number of hydrogen-bond donors (Lipinski definition) is 2. The zero-order valence-corrected chi connectivity index (χ0v) is 16.9. The van der Waals surface area contributed by atoms with Gasteiger partial charge in [-0.25, -0.2) is 0 Å². The van der Waals surface area contributed by atoms with Crippen LogP contribution in [0.1, 0.15) is 19.8 Å². The standard InChI is InChI=1S/C21H29N7O/c1-2-27-14-21(16-12-29-13-17(16)27)8-10-28(11-9-21)20-25-18(22)24-19(26-20)23-15-6-4-3-5-7-15/h3-7,16-17H,2,8-14H2,1H3,(H3,22,23,24,25,26)/t16-,17+/m1/s1. The van der Waals surface area contributed by atoms with Crippen LogP contribution in [0.4, 0.5) is 23.5 Å². The Kier molecular flexibility index (Phi) is 4.75. The van der Waals surface area contributed by atoms with Crippen LogP contribution in [0.2, 0.25) is 0 Å². The van der Waals surface area contributed by atoms with E-state index in [2.05, 4.69) is 37.0 Å². The number of nitrogens with zero attached hydrogens (tertiary/aromatic N) is 5. The number of ether oxygens (including phenoxy) is 1. The minimum atomic E-state index is 0.246. The molecule has 3 aliphatic rings. The number of likely N-dealkylation sites (tertiary alicyclic amines) is 1. The van der Waals surface area contributed by atoms with E-state index in [1.807, 2.05) is 30.3 Å². The number of hydrogen-bond acceptors (Lipinski definition) is 8. The zero-order valence-electron chi connectivity index (χ0n) is 16.9. The third-order valence-corrected chi connectivity index (χ3v) is 6.94. The molecule has 0 aliphatic carbocycles. The summed E-state index contributed by atoms with van der Waals surface area (Å²) in [5.74, 6) is 2.05. The molecule has 8 heteroatoms. The maximum Gasteiger partial charge on any atom is 0.233 e. The summed E-state index contributed by atoms with van der Waals surface area (Å²) in [7, 11) is 0. The van der Waals surface area contributed by atoms with Crippen LogP contribution in [0.25, 0.3) is 0 Å². The second-order valence-electron chi connectivity index (χ2n) is 8.43. The predicted molar refractivity (Wildman–Crippen MR) is 113 cm³/mol. The summed E-state index contributed by atoms with van der Waals surface area (Å²) in [6.45, 7) is 8.24. The van der Waals surface area contributed by atoms with Crippen LogP contribution in [0.3, 0.4) is 0 Å². The highest BCUT2D eigenvalue weighted by atomic mass is 16.5. The van der Waals surface area contributed by atoms with Gasteiger partial charge in [-0.3, -0.25) is 4.90 Å². The molecule has 3 saturated heterocycles. The van der Waals surface area contributed by atoms with Gasteiger partial charge in [-0.15, -0.1) is 0 Å². The molecular formula is C21H29N7O. The Morgan fingerprint density at radius 2 is 1.93 bits per heavy atom. The van der Waals surface area contributed by atoms with Crippen LogP contribution in [0, 0.1) is 11.3 Å². The Labute approximate surface area is 171 Å². The molecule has 3 aliphatic heterocycles. The Morgan fingerprint density at radius 3 is 2.69 bits per heavy atom. The average Bonchev–Trinajstić information content (AvgIpc) is 3.32. The van der Waals surface area contributed by atoms with Crippen molar-refractivity contribution in [1.82, 2.24) is 19.9 Å². The maximum atomic E-state index is 5.99. The van der Waals surface area contributed by atoms with E-state index >= 15 is 0 Å². The number of piperidine rings is 1. The molecule has 1 spiro atoms. The van der Waals surface area contributed by atoms with Gasteiger partial charge in [-0.2, -0.15) is 15.0 Å². The number of para-hydroxylation sites is 1. The van der Waals surface area contributed by atoms with E-state index in [0.29, 0.717) is 29.3 Å². The molecule has 1 aromatic heterocycles. The average molecular weight is 396 g/mol. The number of nitrogens with one attached hydrogen (secondary N) is 1. The first-order valence-corrected chi connectivity index (χ1v) is 10.6. The second-order valence-corrected chi connectivity index (χ2v) is 8.43. The minimum Gasteiger partial charge on any atom is -0.379 e. The van der Waals surface area contributed by atoms with Crippen LogP contribution in [-0.4, -0.2) is 65.3 Å². The van der Waals surface area contributed by atoms with E-state index in [-0.39, 0.29) is 5.95 Å². The van der Waals surface area contributed by atoms with Gasteiger partial charge in [0.25, 0.3) is 0 Å². The number of likely N-dealkylation sites (N-methyl/N-ethyl adjacent to an activating group) is 1. The molecule has 0 radical (unpaired) electrons. The van der Waals surface area contributed by atoms with Crippen molar-refractivity contribution in [3.8, 4) is 0 Å². The summed E-state index contributed by atoms with van der Waals surface area (Å²) < 4.78 is 5.86. The Balaban J connectivity index is 1.31. The van der Waals surface area contributed by atoms with Gasteiger partial charge in [0.2, 0.25) is 17.8 Å². The van der Waals surface area contributed by atoms with Crippen LogP contribution in [0.15, 0.2) is 30.3 Å². The smallest absolute Gasteiger partial charge is 0.233 e. The molecule has 0 bridgehead atoms. The molecule has 1 aromatic carbocycles. The van der Waals surface area contributed by atoms with Crippen molar-refractivity contribution in [2.45, 2.75) is 25.8 Å². The van der Waals surface area contributed by atoms with Gasteiger partial charge in [-0.05, 0) is 36.9 Å². The fourth-order valence-corrected chi connectivity index (χ4v) is 5.38. The summed E-state index contributed by atoms with van der Waals surface area (Å²) in [5, 5.41) is 3.22. The molecule has 0 amide bonds. The Morgan fingerprint density at radius 1 is 1.14 bits per heavy atom. The predicted octanol–water partition coefficient (Wildman–Crippen LogP) is 2.13. The lowest BCUT2D eigenvalue weighted by Crippen LogP contribution is -2.45. The first kappa shape index (κ1) is 18.6. The maximum absolute atomic E-state index is 5.99. The van der Waals surface area contributed by atoms with Crippen molar-refractivity contribution in [2.75, 3.05) is 55.3 Å². The third-order valence-electron chi connectivity index (χ3n) is 6.94. The summed E-state index contributed by atoms with van der Waals surface area (Å²) in [6, 6.07) is 10.5. The van der Waals surface area contributed by atoms with Gasteiger partial charge >= 0.3 is 0 Å². The van der Waals surface area contributed by atoms with Crippen molar-refractivity contribution >= 4 is 23.5 Å². The van der Waals surface area contributed by atoms with Gasteiger partial charge in [0.1, 0.15) is 0 Å². The van der Waals surface area contributed by atoms with Gasteiger partial charge < -0.3 is 20.7 Å². The summed E-state index contributed by atoms with van der Waals surface area (Å²) in [4.78, 5) is 18.2. The highest BCUT2D eigenvalue weighted by molar-refractivity contribution is 5.55. The van der Waals surface area contributed by atoms with Crippen molar-refractivity contribution in [3.05, 3.63) is 30.3 Å². The van der Waals surface area contributed by atoms with Crippen molar-refractivity contribution in [2.24, 2.45) is 11.3 Å². The molecule has 3 N–H and O–H groups in total. The molecule has 3 fully saturated rings. The molecular weight excluding hydrogens is 366 g/mol. The third kappa shape index (κ3) is 3.40. The molecule has 154 valence electrons. The van der Waals surface area contributed by atoms with Crippen LogP contribution < -0.4 is 16.0 Å². The molecule has 2 atom stereocenters. The summed E-state index contributed by atoms with van der Waals surface area (Å²) in [5.41, 5.74) is 7.28. The van der Waals surface area contributed by atoms with Crippen LogP contribution >= 0.6 is 0 Å². The zero-order chi connectivity index (χ0) is 19.8. The highest BCUT2D eigenvalue weighted by Gasteiger charge is 2.55. The minimum absolute atomic E-state index is 0.246. The van der Waals surface area contributed by atoms with E-state index in [9.17, 15) is 0 Å². The lowest BCUT2D eigenvalue weighted by atomic mass is 9.70. The molecule has 0 unspecified atom stereocenters. The fourth-order valence-electron chi connectivity index (χ4n) is 5.38. The SMILES string of the molecule is CCN1CC2(CCN(c3nc(N)nc(Nc4ccccc4)n3)CC2)[C@@H]2COC[C@@H]21. The quantitative estimate of drug-likeness (QED) is 0.813. The normalized spacial score (nSPS) is 26.0. The Hall–Kier alpha value is -2.45. The number of nitrogen functional groups attached to an aromatic ring is 1. The van der Waals surface area contributed by atoms with Gasteiger partial charge in [0, 0.05) is 37.3 Å². The topological polar surface area (TPSA) is 92.4 Å². The van der Waals surface area contributed by atoms with E-state index < -0.39 is 0 Å². The molecule has 0 saturated carbocycles. The number of fused-ring (bicyclic) bond motifs is 2. The van der Waals surface area contributed by atoms with E-state index in [1.165, 1.54) is 6.54 Å². The molecule has 8 nitrogen and oxygen atoms in total. The molecule has 2 aromatic rings. The largest absolute Gasteiger partial charge is 0.379 e. The summed E-state index contributed by atoms with van der Waals surface area (Å²) >= 11 is 0. The van der Waals surface area contributed by atoms with Gasteiger partial charge in [0.15, 0.2) is 0 Å². The van der Waals surface area contributed by atoms with Crippen molar-refractivity contribution < 1.29 is 4.74 Å². The van der Waals surface area contributed by atoms with E-state index in [0.717, 1.165) is 51.4 Å². The molecule has 4 heterocycles. The lowest BCUT2D eigenvalue weighted by Gasteiger charge is -2.42. The van der Waals surface area contributed by atoms with Crippen LogP contribution in [0.5, 0.6) is 0 Å². The Bertz CT molecular complexity index is 853. The monoisotopic (exact) mass is 395 g/mol. The van der Waals surface area contributed by atoms with Gasteiger partial charge in [-0.1, -0.05) is 25.1 Å². The fraction of sp³-hybridized carbons (Fsp3) is 0.571. The first-order chi connectivity index (χ1) is 14.2. The number of aromatic nitrogens is 3. The summed E-state index contributed by atoms with van der Waals surface area (Å²) in [6.07, 6.45) is 2.28. The van der Waals surface area contributed by atoms with Gasteiger partial charge in [0.05, 0.1) is 13.2 Å². The first-order valence-electron chi connectivity index (χ1n) is 10.6. The number of rotatable bonds is 4. The van der Waals surface area contributed by atoms with Crippen LogP contribution in [-0.2, 0) is 4.74 Å². The van der Waals surface area contributed by atoms with E-state index in [4.69, 9.17) is 10.5 Å². The highest BCUT2D eigenvalue weighted by Crippen LogP contribution is 2.50. The van der Waals surface area contributed by atoms with Crippen molar-refractivity contribution in [1.29, 1.82) is 0 Å². The number of nitrogens with two attached hydrogens (primary N) is 1. The van der Waals surface area contributed by atoms with Crippen molar-refractivity contribution in [3.63, 3.8) is 0 Å². The number of anilines is 4.